The van der Waals surface area contributed by atoms with Gasteiger partial charge in [0.1, 0.15) is 18.8 Å². The van der Waals surface area contributed by atoms with Gasteiger partial charge in [-0.15, -0.1) is 0 Å². The van der Waals surface area contributed by atoms with Gasteiger partial charge < -0.3 is 39.0 Å². The summed E-state index contributed by atoms with van der Waals surface area (Å²) >= 11 is 0. The predicted molar refractivity (Wildman–Crippen MR) is 330 cm³/mol. The summed E-state index contributed by atoms with van der Waals surface area (Å²) in [4.78, 5) is 51.2. The number of carboxylic acid groups (broad SMARTS) is 1. The number of hydrogen-bond acceptors (Lipinski definition) is 11. The molecule has 0 amide bonds. The van der Waals surface area contributed by atoms with E-state index in [4.69, 9.17) is 23.7 Å². The Morgan fingerprint density at radius 1 is 0.432 bits per heavy atom. The molecule has 1 aliphatic rings. The second-order valence-corrected chi connectivity index (χ2v) is 20.2. The minimum atomic E-state index is -1.95. The first kappa shape index (κ1) is 73.6. The Hall–Kier alpha value is -5.40. The van der Waals surface area contributed by atoms with Gasteiger partial charge in [0.2, 0.25) is 0 Å². The molecule has 0 spiro atoms. The van der Waals surface area contributed by atoms with E-state index in [-0.39, 0.29) is 25.9 Å². The van der Waals surface area contributed by atoms with E-state index >= 15 is 0 Å². The van der Waals surface area contributed by atoms with Gasteiger partial charge in [-0.25, -0.2) is 4.79 Å². The van der Waals surface area contributed by atoms with Crippen LogP contribution in [0.5, 0.6) is 0 Å². The van der Waals surface area contributed by atoms with E-state index in [0.717, 1.165) is 96.3 Å². The average Bonchev–Trinajstić information content (AvgIpc) is 3.52. The molecule has 3 N–H and O–H groups in total. The fourth-order valence-corrected chi connectivity index (χ4v) is 8.27. The lowest BCUT2D eigenvalue weighted by atomic mass is 9.98. The third-order valence-corrected chi connectivity index (χ3v) is 12.9. The van der Waals surface area contributed by atoms with Gasteiger partial charge in [0.05, 0.1) is 13.0 Å². The molecular weight excluding hydrogens is 1020 g/mol. The largest absolute Gasteiger partial charge is 0.479 e. The zero-order valence-corrected chi connectivity index (χ0v) is 50.0. The van der Waals surface area contributed by atoms with Crippen molar-refractivity contribution in [2.45, 2.75) is 250 Å². The maximum absolute atomic E-state index is 13.2. The Morgan fingerprint density at radius 3 is 1.28 bits per heavy atom. The Balaban J connectivity index is 2.77. The topological polar surface area (TPSA) is 175 Å². The molecule has 1 rings (SSSR count). The third-order valence-electron chi connectivity index (χ3n) is 12.9. The smallest absolute Gasteiger partial charge is 0.335 e. The van der Waals surface area contributed by atoms with Gasteiger partial charge in [-0.3, -0.25) is 14.4 Å². The number of hydrogen-bond donors (Lipinski definition) is 3. The number of allylic oxidation sites excluding steroid dienone is 23. The summed E-state index contributed by atoms with van der Waals surface area (Å²) in [6, 6.07) is 0. The fraction of sp³-hybridized carbons (Fsp3) is 0.594. The number of esters is 3. The summed E-state index contributed by atoms with van der Waals surface area (Å²) in [6.45, 7) is 5.64. The molecule has 1 aliphatic heterocycles. The Bertz CT molecular complexity index is 1960. The molecule has 1 fully saturated rings. The first-order valence-electron chi connectivity index (χ1n) is 30.8. The Labute approximate surface area is 489 Å². The summed E-state index contributed by atoms with van der Waals surface area (Å²) < 4.78 is 28.3. The molecule has 0 aromatic rings. The molecule has 454 valence electrons. The highest BCUT2D eigenvalue weighted by Crippen LogP contribution is 2.26. The van der Waals surface area contributed by atoms with Crippen LogP contribution in [-0.2, 0) is 42.9 Å². The SMILES string of the molecule is CC/C=C\C/C=C\C/C=C\C/C=C\C/C=C\CCCC(=O)OC(COC(=O)CCCCCCCCCCC/C=C\C/C=C\CCCCC)COC1OC(C(=O)O)C(O)C(O)C1OC(=O)C/C=C\C/C=C\C/C=C\C/C=C\C/C=C\CC. The van der Waals surface area contributed by atoms with Crippen LogP contribution in [0.3, 0.4) is 0 Å². The minimum absolute atomic E-state index is 0.0649. The monoisotopic (exact) mass is 1130 g/mol. The van der Waals surface area contributed by atoms with Crippen LogP contribution < -0.4 is 0 Å². The summed E-state index contributed by atoms with van der Waals surface area (Å²) in [7, 11) is 0. The lowest BCUT2D eigenvalue weighted by Crippen LogP contribution is -2.61. The molecule has 0 aromatic heterocycles. The van der Waals surface area contributed by atoms with E-state index in [1.54, 1.807) is 12.2 Å². The molecular formula is C69H106O12. The number of unbranched alkanes of at least 4 members (excludes halogenated alkanes) is 13. The van der Waals surface area contributed by atoms with Crippen molar-refractivity contribution in [1.29, 1.82) is 0 Å². The standard InChI is InChI=1S/C69H106O12/c1-4-7-10-13-16-19-22-25-28-30-31-33-35-37-40-43-46-49-52-55-61(70)77-58-60(79-62(71)56-53-50-47-44-41-39-36-32-29-26-23-20-17-14-11-8-5-2)59-78-69-67(65(74)64(73)66(81-69)68(75)76)80-63(72)57-54-51-48-45-42-38-34-27-24-21-18-15-12-9-6-3/h8-9,11-12,16-21,25-29,34,36,39,42,44-45,47,51,54,60,64-67,69,73-74H,4-7,10,13-15,22-24,30-33,35,37-38,40-41,43,46,48-50,52-53,55-59H2,1-3H3,(H,75,76)/b11-8-,12-9-,19-16-,20-17-,21-18-,28-25-,29-26-,34-27-,39-36-,45-42-,47-44-,54-51-. The summed E-state index contributed by atoms with van der Waals surface area (Å²) in [5.41, 5.74) is 0. The molecule has 12 heteroatoms. The predicted octanol–water partition coefficient (Wildman–Crippen LogP) is 16.3. The van der Waals surface area contributed by atoms with Crippen LogP contribution in [0.2, 0.25) is 0 Å². The number of ether oxygens (including phenoxy) is 5. The minimum Gasteiger partial charge on any atom is -0.479 e. The van der Waals surface area contributed by atoms with Crippen molar-refractivity contribution in [2.24, 2.45) is 0 Å². The van der Waals surface area contributed by atoms with Crippen molar-refractivity contribution in [3.8, 4) is 0 Å². The summed E-state index contributed by atoms with van der Waals surface area (Å²) in [5, 5.41) is 31.5. The average molecular weight is 1130 g/mol. The highest BCUT2D eigenvalue weighted by molar-refractivity contribution is 5.74. The zero-order chi connectivity index (χ0) is 58.9. The number of rotatable bonds is 50. The van der Waals surface area contributed by atoms with E-state index in [1.165, 1.54) is 51.4 Å². The number of aliphatic hydroxyl groups is 2. The van der Waals surface area contributed by atoms with Crippen LogP contribution in [0.1, 0.15) is 213 Å². The van der Waals surface area contributed by atoms with Gasteiger partial charge in [0.25, 0.3) is 0 Å². The molecule has 6 atom stereocenters. The molecule has 0 radical (unpaired) electrons. The summed E-state index contributed by atoms with van der Waals surface area (Å²) in [6.07, 6.45) is 67.0. The maximum atomic E-state index is 13.2. The van der Waals surface area contributed by atoms with Crippen molar-refractivity contribution in [3.63, 3.8) is 0 Å². The van der Waals surface area contributed by atoms with Gasteiger partial charge in [-0.05, 0) is 116 Å². The fourth-order valence-electron chi connectivity index (χ4n) is 8.27. The maximum Gasteiger partial charge on any atom is 0.335 e. The van der Waals surface area contributed by atoms with E-state index in [0.29, 0.717) is 25.7 Å². The first-order valence-corrected chi connectivity index (χ1v) is 30.8. The van der Waals surface area contributed by atoms with Gasteiger partial charge in [0, 0.05) is 12.8 Å². The molecule has 0 saturated carbocycles. The number of aliphatic carboxylic acids is 1. The van der Waals surface area contributed by atoms with Crippen LogP contribution in [0.4, 0.5) is 0 Å². The number of carbonyl (C=O) groups excluding carboxylic acids is 3. The van der Waals surface area contributed by atoms with E-state index in [9.17, 15) is 34.5 Å². The zero-order valence-electron chi connectivity index (χ0n) is 50.0. The lowest BCUT2D eigenvalue weighted by molar-refractivity contribution is -0.301. The second-order valence-electron chi connectivity index (χ2n) is 20.2. The van der Waals surface area contributed by atoms with E-state index in [1.807, 2.05) is 24.3 Å². The van der Waals surface area contributed by atoms with Gasteiger partial charge in [-0.2, -0.15) is 0 Å². The molecule has 6 unspecified atom stereocenters. The number of carboxylic acids is 1. The summed E-state index contributed by atoms with van der Waals surface area (Å²) in [5.74, 6) is -3.39. The van der Waals surface area contributed by atoms with Crippen LogP contribution in [0.25, 0.3) is 0 Å². The highest BCUT2D eigenvalue weighted by Gasteiger charge is 2.50. The normalized spacial score (nSPS) is 18.8. The Kier molecular flexibility index (Phi) is 50.1. The number of carbonyl (C=O) groups is 4. The first-order chi connectivity index (χ1) is 39.6. The van der Waals surface area contributed by atoms with Crippen molar-refractivity contribution in [1.82, 2.24) is 0 Å². The van der Waals surface area contributed by atoms with Crippen molar-refractivity contribution in [3.05, 3.63) is 146 Å². The van der Waals surface area contributed by atoms with Gasteiger partial charge in [0.15, 0.2) is 24.6 Å². The second kappa shape index (κ2) is 55.2. The lowest BCUT2D eigenvalue weighted by Gasteiger charge is -2.40. The third kappa shape index (κ3) is 44.9. The molecule has 12 nitrogen and oxygen atoms in total. The molecule has 1 heterocycles. The van der Waals surface area contributed by atoms with Crippen molar-refractivity contribution < 1.29 is 58.2 Å². The molecule has 0 aromatic carbocycles. The number of aliphatic hydroxyl groups excluding tert-OH is 2. The van der Waals surface area contributed by atoms with Gasteiger partial charge in [-0.1, -0.05) is 224 Å². The van der Waals surface area contributed by atoms with Gasteiger partial charge >= 0.3 is 23.9 Å². The van der Waals surface area contributed by atoms with E-state index < -0.39 is 67.3 Å². The van der Waals surface area contributed by atoms with Crippen molar-refractivity contribution >= 4 is 23.9 Å². The molecule has 0 aliphatic carbocycles. The van der Waals surface area contributed by atoms with Crippen LogP contribution in [0.15, 0.2) is 146 Å². The van der Waals surface area contributed by atoms with E-state index in [2.05, 4.69) is 130 Å². The quantitative estimate of drug-likeness (QED) is 0.0228. The molecule has 81 heavy (non-hydrogen) atoms. The molecule has 1 saturated heterocycles. The van der Waals surface area contributed by atoms with Crippen LogP contribution in [-0.4, -0.2) is 89.2 Å². The van der Waals surface area contributed by atoms with Crippen LogP contribution in [0, 0.1) is 0 Å². The van der Waals surface area contributed by atoms with Crippen LogP contribution >= 0.6 is 0 Å². The molecule has 0 bridgehead atoms. The highest BCUT2D eigenvalue weighted by atomic mass is 16.7. The van der Waals surface area contributed by atoms with Crippen molar-refractivity contribution in [2.75, 3.05) is 13.2 Å². The Morgan fingerprint density at radius 2 is 0.827 bits per heavy atom.